The minimum Gasteiger partial charge on any atom is -0.396 e. The van der Waals surface area contributed by atoms with E-state index in [9.17, 15) is 26.3 Å². The molecule has 0 amide bonds. The first kappa shape index (κ1) is 29.8. The van der Waals surface area contributed by atoms with Gasteiger partial charge in [-0.2, -0.15) is 26.3 Å². The fraction of sp³-hybridized carbons (Fsp3) is 0.571. The second-order valence-electron chi connectivity index (χ2n) is 10.1. The number of benzene rings is 2. The van der Waals surface area contributed by atoms with Crippen molar-refractivity contribution in [3.63, 3.8) is 0 Å². The molecule has 2 heterocycles. The summed E-state index contributed by atoms with van der Waals surface area (Å²) < 4.78 is 97.4. The van der Waals surface area contributed by atoms with Crippen LogP contribution in [-0.4, -0.2) is 50.3 Å². The van der Waals surface area contributed by atoms with Crippen LogP contribution in [0.4, 0.5) is 26.3 Å². The lowest BCUT2D eigenvalue weighted by Crippen LogP contribution is -2.54. The molecule has 216 valence electrons. The molecule has 2 aromatic carbocycles. The number of aliphatic hydroxyl groups excluding tert-OH is 1. The van der Waals surface area contributed by atoms with E-state index in [1.165, 1.54) is 0 Å². The lowest BCUT2D eigenvalue weighted by molar-refractivity contribution is -0.143. The molecule has 11 heteroatoms. The van der Waals surface area contributed by atoms with Crippen LogP contribution in [0.15, 0.2) is 48.5 Å². The standard InChI is InChI=1S/C28H33F6NO4/c29-27(30,31)22-13-19(14-23(15-22)28(32,33)34)17-39-25-8-7-24-20(18-38-12-11-37-10-4-9-36)16-26(25,35-24)21-5-2-1-3-6-21/h1-3,5-6,13-15,20,24-25,35-36H,4,7-12,16-18H2/t20-,24-,25+,26+/m0/s1. The van der Waals surface area contributed by atoms with Crippen LogP contribution in [0.1, 0.15) is 47.9 Å². The highest BCUT2D eigenvalue weighted by Gasteiger charge is 2.54. The third-order valence-corrected chi connectivity index (χ3v) is 7.42. The monoisotopic (exact) mass is 561 g/mol. The molecule has 4 rings (SSSR count). The molecular weight excluding hydrogens is 528 g/mol. The summed E-state index contributed by atoms with van der Waals surface area (Å²) in [4.78, 5) is 0. The topological polar surface area (TPSA) is 60.0 Å². The second kappa shape index (κ2) is 12.6. The molecule has 5 nitrogen and oxygen atoms in total. The molecule has 2 aliphatic rings. The van der Waals surface area contributed by atoms with Crippen LogP contribution in [0.3, 0.4) is 0 Å². The molecule has 2 fully saturated rings. The molecule has 0 aromatic heterocycles. The first-order chi connectivity index (χ1) is 18.5. The molecule has 4 atom stereocenters. The van der Waals surface area contributed by atoms with Gasteiger partial charge >= 0.3 is 12.4 Å². The minimum absolute atomic E-state index is 0.0678. The number of halogens is 6. The van der Waals surface area contributed by atoms with Crippen molar-refractivity contribution >= 4 is 0 Å². The molecule has 0 aliphatic carbocycles. The zero-order chi connectivity index (χ0) is 28.1. The Kier molecular flexibility index (Phi) is 9.59. The third-order valence-electron chi connectivity index (χ3n) is 7.42. The smallest absolute Gasteiger partial charge is 0.396 e. The summed E-state index contributed by atoms with van der Waals surface area (Å²) in [5.41, 5.74) is -2.58. The maximum absolute atomic E-state index is 13.3. The van der Waals surface area contributed by atoms with Crippen molar-refractivity contribution in [3.8, 4) is 0 Å². The molecule has 0 unspecified atom stereocenters. The van der Waals surface area contributed by atoms with Gasteiger partial charge in [0.15, 0.2) is 0 Å². The normalized spacial score (nSPS) is 25.3. The van der Waals surface area contributed by atoms with Crippen LogP contribution in [0.2, 0.25) is 0 Å². The Labute approximate surface area is 223 Å². The van der Waals surface area contributed by atoms with E-state index in [1.807, 2.05) is 30.3 Å². The summed E-state index contributed by atoms with van der Waals surface area (Å²) >= 11 is 0. The quantitative estimate of drug-likeness (QED) is 0.258. The number of rotatable bonds is 12. The van der Waals surface area contributed by atoms with E-state index in [0.29, 0.717) is 45.7 Å². The first-order valence-electron chi connectivity index (χ1n) is 13.0. The van der Waals surface area contributed by atoms with Crippen molar-refractivity contribution in [2.45, 2.75) is 62.3 Å². The zero-order valence-corrected chi connectivity index (χ0v) is 21.4. The van der Waals surface area contributed by atoms with Gasteiger partial charge in [-0.1, -0.05) is 30.3 Å². The third kappa shape index (κ3) is 7.32. The Morgan fingerprint density at radius 3 is 2.18 bits per heavy atom. The van der Waals surface area contributed by atoms with Gasteiger partial charge in [-0.05, 0) is 60.9 Å². The van der Waals surface area contributed by atoms with Crippen molar-refractivity contribution < 1.29 is 45.7 Å². The zero-order valence-electron chi connectivity index (χ0n) is 21.4. The molecule has 0 radical (unpaired) electrons. The SMILES string of the molecule is OCCCOCCOC[C@@H]1C[C@]2(c3ccccc3)N[C@H]1CC[C@H]2OCc1cc(C(F)(F)F)cc(C(F)(F)F)c1. The van der Waals surface area contributed by atoms with Crippen molar-refractivity contribution in [3.05, 3.63) is 70.8 Å². The number of ether oxygens (including phenoxy) is 3. The average molecular weight is 562 g/mol. The molecule has 2 N–H and O–H groups in total. The Hall–Kier alpha value is -2.18. The van der Waals surface area contributed by atoms with Gasteiger partial charge in [-0.3, -0.25) is 0 Å². The van der Waals surface area contributed by atoms with Gasteiger partial charge in [0.1, 0.15) is 0 Å². The fourth-order valence-corrected chi connectivity index (χ4v) is 5.62. The highest BCUT2D eigenvalue weighted by Crippen LogP contribution is 2.48. The van der Waals surface area contributed by atoms with E-state index in [-0.39, 0.29) is 36.8 Å². The van der Waals surface area contributed by atoms with Gasteiger partial charge in [0.05, 0.1) is 49.2 Å². The molecule has 2 bridgehead atoms. The minimum atomic E-state index is -4.91. The van der Waals surface area contributed by atoms with E-state index < -0.39 is 35.1 Å². The number of alkyl halides is 6. The number of hydrogen-bond donors (Lipinski definition) is 2. The number of hydrogen-bond acceptors (Lipinski definition) is 5. The van der Waals surface area contributed by atoms with Crippen LogP contribution in [0, 0.1) is 5.92 Å². The fourth-order valence-electron chi connectivity index (χ4n) is 5.62. The first-order valence-corrected chi connectivity index (χ1v) is 13.0. The molecule has 2 saturated heterocycles. The maximum Gasteiger partial charge on any atom is 0.416 e. The van der Waals surface area contributed by atoms with Gasteiger partial charge in [-0.15, -0.1) is 0 Å². The lowest BCUT2D eigenvalue weighted by atomic mass is 9.80. The molecule has 0 saturated carbocycles. The number of nitrogens with one attached hydrogen (secondary N) is 1. The molecule has 2 aromatic rings. The Morgan fingerprint density at radius 1 is 0.872 bits per heavy atom. The van der Waals surface area contributed by atoms with E-state index in [2.05, 4.69) is 5.32 Å². The predicted molar refractivity (Wildman–Crippen MR) is 131 cm³/mol. The highest BCUT2D eigenvalue weighted by molar-refractivity contribution is 5.34. The second-order valence-corrected chi connectivity index (χ2v) is 10.1. The van der Waals surface area contributed by atoms with Crippen molar-refractivity contribution in [1.29, 1.82) is 0 Å². The number of fused-ring (bicyclic) bond motifs is 2. The number of aliphatic hydroxyl groups is 1. The van der Waals surface area contributed by atoms with Crippen molar-refractivity contribution in [2.24, 2.45) is 5.92 Å². The van der Waals surface area contributed by atoms with Crippen LogP contribution in [0.25, 0.3) is 0 Å². The van der Waals surface area contributed by atoms with E-state index in [4.69, 9.17) is 19.3 Å². The van der Waals surface area contributed by atoms with Crippen molar-refractivity contribution in [2.75, 3.05) is 33.0 Å². The van der Waals surface area contributed by atoms with E-state index in [0.717, 1.165) is 24.1 Å². The summed E-state index contributed by atoms with van der Waals surface area (Å²) in [5, 5.41) is 12.5. The van der Waals surface area contributed by atoms with Crippen LogP contribution in [0.5, 0.6) is 0 Å². The molecule has 39 heavy (non-hydrogen) atoms. The van der Waals surface area contributed by atoms with Gasteiger partial charge in [0.2, 0.25) is 0 Å². The Bertz CT molecular complexity index is 1030. The van der Waals surface area contributed by atoms with Gasteiger partial charge in [0, 0.05) is 19.3 Å². The summed E-state index contributed by atoms with van der Waals surface area (Å²) in [5.74, 6) is 0.140. The number of piperidine rings is 1. The van der Waals surface area contributed by atoms with E-state index in [1.54, 1.807) is 0 Å². The Balaban J connectivity index is 1.48. The van der Waals surface area contributed by atoms with Gasteiger partial charge in [0.25, 0.3) is 0 Å². The van der Waals surface area contributed by atoms with Crippen LogP contribution < -0.4 is 5.32 Å². The molecular formula is C28H33F6NO4. The average Bonchev–Trinajstić information content (AvgIpc) is 3.20. The molecule has 0 spiro atoms. The predicted octanol–water partition coefficient (Wildman–Crippen LogP) is 5.69. The molecule has 2 aliphatic heterocycles. The summed E-state index contributed by atoms with van der Waals surface area (Å²) in [6.07, 6.45) is -7.75. The van der Waals surface area contributed by atoms with Crippen LogP contribution >= 0.6 is 0 Å². The maximum atomic E-state index is 13.3. The summed E-state index contributed by atoms with van der Waals surface area (Å²) in [7, 11) is 0. The summed E-state index contributed by atoms with van der Waals surface area (Å²) in [6.45, 7) is 1.44. The summed E-state index contributed by atoms with van der Waals surface area (Å²) in [6, 6.07) is 11.3. The Morgan fingerprint density at radius 2 is 1.54 bits per heavy atom. The largest absolute Gasteiger partial charge is 0.416 e. The van der Waals surface area contributed by atoms with E-state index >= 15 is 0 Å². The van der Waals surface area contributed by atoms with Gasteiger partial charge in [-0.25, -0.2) is 0 Å². The lowest BCUT2D eigenvalue weighted by Gasteiger charge is -2.42. The van der Waals surface area contributed by atoms with Gasteiger partial charge < -0.3 is 24.6 Å². The van der Waals surface area contributed by atoms with Crippen molar-refractivity contribution in [1.82, 2.24) is 5.32 Å². The van der Waals surface area contributed by atoms with Crippen LogP contribution in [-0.2, 0) is 38.7 Å². The highest BCUT2D eigenvalue weighted by atomic mass is 19.4.